The summed E-state index contributed by atoms with van der Waals surface area (Å²) in [6.45, 7) is 2.22. The summed E-state index contributed by atoms with van der Waals surface area (Å²) >= 11 is 5.26. The minimum atomic E-state index is -0.384. The second-order valence-corrected chi connectivity index (χ2v) is 15.6. The first-order valence-corrected chi connectivity index (χ1v) is 18.9. The third-order valence-electron chi connectivity index (χ3n) is 12.0. The molecule has 0 heterocycles. The first kappa shape index (κ1) is 30.5. The number of para-hydroxylation sites is 1. The van der Waals surface area contributed by atoms with Gasteiger partial charge in [-0.05, 0) is 127 Å². The highest BCUT2D eigenvalue weighted by Gasteiger charge is 2.51. The van der Waals surface area contributed by atoms with Crippen molar-refractivity contribution in [3.8, 4) is 44.5 Å². The summed E-state index contributed by atoms with van der Waals surface area (Å²) in [5.41, 5.74) is 21.2. The van der Waals surface area contributed by atoms with E-state index in [1.165, 1.54) is 77.9 Å². The molecule has 0 radical (unpaired) electrons. The van der Waals surface area contributed by atoms with Crippen molar-refractivity contribution in [2.45, 2.75) is 17.1 Å². The summed E-state index contributed by atoms with van der Waals surface area (Å²) in [4.78, 5) is 2.38. The van der Waals surface area contributed by atoms with Crippen LogP contribution in [0.25, 0.3) is 44.5 Å². The topological polar surface area (TPSA) is 3.24 Å². The SMILES string of the molecule is CC1(S)c2ccccc2-c2ccc(N(c3ccccc3)c3cccc(-c4ccc5c(c4)-c4ccccc4C54c5ccccc5-c5ccccc54)c3)cc21. The minimum Gasteiger partial charge on any atom is -0.310 e. The molecule has 2 heteroatoms. The lowest BCUT2D eigenvalue weighted by Gasteiger charge is -2.30. The largest absolute Gasteiger partial charge is 0.310 e. The Balaban J connectivity index is 1.06. The molecule has 11 rings (SSSR count). The highest BCUT2D eigenvalue weighted by atomic mass is 32.1. The zero-order valence-corrected chi connectivity index (χ0v) is 30.2. The molecular formula is C51H35NS. The molecule has 3 aliphatic carbocycles. The second-order valence-electron chi connectivity index (χ2n) is 14.7. The first-order chi connectivity index (χ1) is 26.0. The van der Waals surface area contributed by atoms with Crippen LogP contribution in [0.1, 0.15) is 40.3 Å². The van der Waals surface area contributed by atoms with Gasteiger partial charge >= 0.3 is 0 Å². The van der Waals surface area contributed by atoms with Gasteiger partial charge in [-0.3, -0.25) is 0 Å². The zero-order chi connectivity index (χ0) is 35.3. The number of hydrogen-bond acceptors (Lipinski definition) is 2. The lowest BCUT2D eigenvalue weighted by molar-refractivity contribution is 0.794. The Morgan fingerprint density at radius 1 is 0.340 bits per heavy atom. The van der Waals surface area contributed by atoms with Crippen LogP contribution in [-0.2, 0) is 10.2 Å². The number of anilines is 3. The summed E-state index contributed by atoms with van der Waals surface area (Å²) < 4.78 is -0.384. The van der Waals surface area contributed by atoms with Crippen molar-refractivity contribution in [2.24, 2.45) is 0 Å². The molecule has 0 aromatic heterocycles. The number of fused-ring (bicyclic) bond motifs is 13. The third-order valence-corrected chi connectivity index (χ3v) is 12.5. The van der Waals surface area contributed by atoms with Gasteiger partial charge in [0.25, 0.3) is 0 Å². The van der Waals surface area contributed by atoms with E-state index in [0.29, 0.717) is 0 Å². The molecule has 1 spiro atoms. The van der Waals surface area contributed by atoms with Gasteiger partial charge in [-0.25, -0.2) is 0 Å². The standard InChI is InChI=1S/C51H35NS/c1-50(53)44-22-9-5-18-38(44)42-28-27-37(32-49(42)50)52(35-15-3-2-4-16-35)36-17-13-14-33(30-36)34-26-29-48-43(31-34)41-21-8-12-25-47(41)51(48)45-23-10-6-19-39(45)40-20-7-11-24-46(40)51/h2-32,53H,1H3. The highest BCUT2D eigenvalue weighted by molar-refractivity contribution is 7.81. The quantitative estimate of drug-likeness (QED) is 0.180. The van der Waals surface area contributed by atoms with Gasteiger partial charge in [0.2, 0.25) is 0 Å². The van der Waals surface area contributed by atoms with Crippen LogP contribution >= 0.6 is 12.6 Å². The predicted molar refractivity (Wildman–Crippen MR) is 224 cm³/mol. The van der Waals surface area contributed by atoms with E-state index in [-0.39, 0.29) is 10.2 Å². The van der Waals surface area contributed by atoms with Crippen LogP contribution in [-0.4, -0.2) is 0 Å². The van der Waals surface area contributed by atoms with Gasteiger partial charge in [-0.1, -0.05) is 146 Å². The molecule has 0 saturated carbocycles. The molecule has 0 fully saturated rings. The molecule has 1 atom stereocenters. The summed E-state index contributed by atoms with van der Waals surface area (Å²) in [6, 6.07) is 69.4. The number of thiol groups is 1. The van der Waals surface area contributed by atoms with Crippen LogP contribution in [0.3, 0.4) is 0 Å². The predicted octanol–water partition coefficient (Wildman–Crippen LogP) is 13.3. The smallest absolute Gasteiger partial charge is 0.0725 e. The summed E-state index contributed by atoms with van der Waals surface area (Å²) in [6.07, 6.45) is 0. The summed E-state index contributed by atoms with van der Waals surface area (Å²) in [5.74, 6) is 0. The van der Waals surface area contributed by atoms with Crippen molar-refractivity contribution in [1.82, 2.24) is 0 Å². The van der Waals surface area contributed by atoms with E-state index in [0.717, 1.165) is 17.1 Å². The maximum absolute atomic E-state index is 5.26. The molecule has 0 aliphatic heterocycles. The molecule has 0 bridgehead atoms. The van der Waals surface area contributed by atoms with Gasteiger partial charge in [0.05, 0.1) is 10.2 Å². The number of nitrogens with zero attached hydrogens (tertiary/aromatic N) is 1. The van der Waals surface area contributed by atoms with Crippen LogP contribution in [0, 0.1) is 0 Å². The Hall–Kier alpha value is -6.09. The maximum atomic E-state index is 5.26. The van der Waals surface area contributed by atoms with Gasteiger partial charge in [0.1, 0.15) is 0 Å². The van der Waals surface area contributed by atoms with E-state index in [4.69, 9.17) is 12.6 Å². The average molecular weight is 694 g/mol. The van der Waals surface area contributed by atoms with Crippen molar-refractivity contribution in [3.63, 3.8) is 0 Å². The van der Waals surface area contributed by atoms with Crippen molar-refractivity contribution in [3.05, 3.63) is 221 Å². The maximum Gasteiger partial charge on any atom is 0.0725 e. The van der Waals surface area contributed by atoms with Crippen molar-refractivity contribution < 1.29 is 0 Å². The van der Waals surface area contributed by atoms with E-state index < -0.39 is 0 Å². The van der Waals surface area contributed by atoms with Gasteiger partial charge in [-0.2, -0.15) is 12.6 Å². The van der Waals surface area contributed by atoms with Crippen LogP contribution in [0.5, 0.6) is 0 Å². The number of benzene rings is 8. The van der Waals surface area contributed by atoms with E-state index in [1.54, 1.807) is 0 Å². The van der Waals surface area contributed by atoms with Crippen LogP contribution in [0.4, 0.5) is 17.1 Å². The molecule has 0 amide bonds. The van der Waals surface area contributed by atoms with E-state index in [2.05, 4.69) is 200 Å². The van der Waals surface area contributed by atoms with E-state index in [9.17, 15) is 0 Å². The summed E-state index contributed by atoms with van der Waals surface area (Å²) in [5, 5.41) is 0. The Morgan fingerprint density at radius 3 is 1.47 bits per heavy atom. The van der Waals surface area contributed by atoms with Gasteiger partial charge in [0, 0.05) is 17.1 Å². The third kappa shape index (κ3) is 4.16. The molecule has 1 unspecified atom stereocenters. The van der Waals surface area contributed by atoms with Crippen LogP contribution in [0.2, 0.25) is 0 Å². The number of rotatable bonds is 4. The second kappa shape index (κ2) is 11.2. The Morgan fingerprint density at radius 2 is 0.811 bits per heavy atom. The van der Waals surface area contributed by atoms with E-state index >= 15 is 0 Å². The van der Waals surface area contributed by atoms with Gasteiger partial charge < -0.3 is 4.90 Å². The zero-order valence-electron chi connectivity index (χ0n) is 29.3. The first-order valence-electron chi connectivity index (χ1n) is 18.4. The Bertz CT molecular complexity index is 2730. The molecule has 3 aliphatic rings. The van der Waals surface area contributed by atoms with Crippen LogP contribution < -0.4 is 4.90 Å². The van der Waals surface area contributed by atoms with Gasteiger partial charge in [-0.15, -0.1) is 0 Å². The number of hydrogen-bond donors (Lipinski definition) is 1. The monoisotopic (exact) mass is 693 g/mol. The fraction of sp³-hybridized carbons (Fsp3) is 0.0588. The molecule has 250 valence electrons. The van der Waals surface area contributed by atoms with Crippen molar-refractivity contribution in [1.29, 1.82) is 0 Å². The molecular weight excluding hydrogens is 659 g/mol. The molecule has 8 aromatic rings. The Labute approximate surface area is 316 Å². The fourth-order valence-electron chi connectivity index (χ4n) is 9.72. The average Bonchev–Trinajstić information content (AvgIpc) is 3.77. The molecule has 0 saturated heterocycles. The lowest BCUT2D eigenvalue weighted by Crippen LogP contribution is -2.25. The highest BCUT2D eigenvalue weighted by Crippen LogP contribution is 2.63. The van der Waals surface area contributed by atoms with Gasteiger partial charge in [0.15, 0.2) is 0 Å². The minimum absolute atomic E-state index is 0.335. The fourth-order valence-corrected chi connectivity index (χ4v) is 10.1. The van der Waals surface area contributed by atoms with Crippen LogP contribution in [0.15, 0.2) is 188 Å². The van der Waals surface area contributed by atoms with E-state index in [1.807, 2.05) is 0 Å². The molecule has 53 heavy (non-hydrogen) atoms. The molecule has 0 N–H and O–H groups in total. The van der Waals surface area contributed by atoms with Crippen molar-refractivity contribution >= 4 is 29.7 Å². The normalized spacial score (nSPS) is 16.3. The molecule has 1 nitrogen and oxygen atoms in total. The van der Waals surface area contributed by atoms with Crippen molar-refractivity contribution in [2.75, 3.05) is 4.90 Å². The molecule has 8 aromatic carbocycles. The summed E-state index contributed by atoms with van der Waals surface area (Å²) in [7, 11) is 0. The lowest BCUT2D eigenvalue weighted by atomic mass is 9.70. The Kier molecular flexibility index (Phi) is 6.45.